The second kappa shape index (κ2) is 5.57. The molecule has 0 saturated carbocycles. The van der Waals surface area contributed by atoms with Crippen LogP contribution in [0, 0.1) is 6.92 Å². The minimum Gasteiger partial charge on any atom is -0.451 e. The van der Waals surface area contributed by atoms with Gasteiger partial charge in [-0.3, -0.25) is 4.79 Å². The van der Waals surface area contributed by atoms with Gasteiger partial charge in [0.25, 0.3) is 5.91 Å². The molecule has 4 nitrogen and oxygen atoms in total. The Bertz CT molecular complexity index is 927. The Labute approximate surface area is 140 Å². The van der Waals surface area contributed by atoms with E-state index in [-0.39, 0.29) is 5.91 Å². The quantitative estimate of drug-likeness (QED) is 0.725. The van der Waals surface area contributed by atoms with E-state index in [4.69, 9.17) is 10.2 Å². The van der Waals surface area contributed by atoms with Crippen LogP contribution in [0.15, 0.2) is 59.0 Å². The summed E-state index contributed by atoms with van der Waals surface area (Å²) in [6.45, 7) is 2.65. The van der Waals surface area contributed by atoms with Crippen molar-refractivity contribution >= 4 is 17.3 Å². The number of hydrogen-bond donors (Lipinski definition) is 1. The van der Waals surface area contributed by atoms with Crippen molar-refractivity contribution in [3.05, 3.63) is 71.5 Å². The van der Waals surface area contributed by atoms with Gasteiger partial charge in [0.05, 0.1) is 0 Å². The molecule has 2 aromatic carbocycles. The smallest absolute Gasteiger partial charge is 0.294 e. The van der Waals surface area contributed by atoms with E-state index in [1.54, 1.807) is 11.0 Å². The van der Waals surface area contributed by atoms with Gasteiger partial charge in [-0.25, -0.2) is 0 Å². The zero-order chi connectivity index (χ0) is 16.7. The molecule has 4 rings (SSSR count). The number of nitrogen functional groups attached to an aromatic ring is 1. The first kappa shape index (κ1) is 14.6. The van der Waals surface area contributed by atoms with Crippen molar-refractivity contribution in [3.8, 4) is 11.3 Å². The minimum atomic E-state index is -0.105. The summed E-state index contributed by atoms with van der Waals surface area (Å²) in [6.07, 6.45) is 0.879. The molecule has 4 heteroatoms. The summed E-state index contributed by atoms with van der Waals surface area (Å²) in [7, 11) is 0. The van der Waals surface area contributed by atoms with Gasteiger partial charge in [0, 0.05) is 23.5 Å². The summed E-state index contributed by atoms with van der Waals surface area (Å²) in [6, 6.07) is 17.3. The van der Waals surface area contributed by atoms with Crippen molar-refractivity contribution in [3.63, 3.8) is 0 Å². The van der Waals surface area contributed by atoms with E-state index in [0.717, 1.165) is 23.2 Å². The van der Waals surface area contributed by atoms with Crippen LogP contribution in [0.25, 0.3) is 11.3 Å². The minimum absolute atomic E-state index is 0.105. The predicted molar refractivity (Wildman–Crippen MR) is 95.1 cm³/mol. The molecule has 2 N–H and O–H groups in total. The molecule has 0 spiro atoms. The van der Waals surface area contributed by atoms with E-state index in [2.05, 4.69) is 6.07 Å². The number of nitrogens with zero attached hydrogens (tertiary/aromatic N) is 1. The van der Waals surface area contributed by atoms with Gasteiger partial charge in [-0.1, -0.05) is 30.3 Å². The molecule has 1 aliphatic heterocycles. The first-order valence-corrected chi connectivity index (χ1v) is 7.99. The molecule has 1 amide bonds. The number of fused-ring (bicyclic) bond motifs is 1. The van der Waals surface area contributed by atoms with Gasteiger partial charge in [-0.15, -0.1) is 0 Å². The summed E-state index contributed by atoms with van der Waals surface area (Å²) in [5.74, 6) is 0.893. The molecule has 24 heavy (non-hydrogen) atoms. The molecule has 1 aliphatic rings. The summed E-state index contributed by atoms with van der Waals surface area (Å²) in [4.78, 5) is 14.6. The molecule has 120 valence electrons. The molecule has 0 radical (unpaired) electrons. The summed E-state index contributed by atoms with van der Waals surface area (Å²) in [5, 5.41) is 0. The molecule has 0 fully saturated rings. The molecule has 0 atom stereocenters. The average molecular weight is 318 g/mol. The van der Waals surface area contributed by atoms with Crippen LogP contribution in [0.4, 0.5) is 11.4 Å². The van der Waals surface area contributed by atoms with Crippen LogP contribution in [0.3, 0.4) is 0 Å². The van der Waals surface area contributed by atoms with Crippen molar-refractivity contribution in [1.82, 2.24) is 0 Å². The first-order valence-electron chi connectivity index (χ1n) is 7.99. The van der Waals surface area contributed by atoms with Crippen LogP contribution >= 0.6 is 0 Å². The normalized spacial score (nSPS) is 13.1. The molecule has 3 aromatic rings. The Morgan fingerprint density at radius 2 is 1.96 bits per heavy atom. The van der Waals surface area contributed by atoms with E-state index < -0.39 is 0 Å². The van der Waals surface area contributed by atoms with E-state index in [1.165, 1.54) is 5.56 Å². The second-order valence-corrected chi connectivity index (χ2v) is 6.07. The zero-order valence-electron chi connectivity index (χ0n) is 13.5. The maximum atomic E-state index is 12.8. The number of carbonyl (C=O) groups is 1. The monoisotopic (exact) mass is 318 g/mol. The lowest BCUT2D eigenvalue weighted by Crippen LogP contribution is -2.28. The van der Waals surface area contributed by atoms with Gasteiger partial charge in [0.1, 0.15) is 5.76 Å². The standard InChI is InChI=1S/C20H18N2O2/c1-13-6-7-15(12-16(13)21)18-8-9-19(24-18)20(23)22-11-10-14-4-2-3-5-17(14)22/h2-9,12H,10-11,21H2,1H3. The maximum Gasteiger partial charge on any atom is 0.294 e. The van der Waals surface area contributed by atoms with Crippen molar-refractivity contribution < 1.29 is 9.21 Å². The fourth-order valence-corrected chi connectivity index (χ4v) is 3.08. The number of amides is 1. The molecule has 2 heterocycles. The lowest BCUT2D eigenvalue weighted by Gasteiger charge is -2.15. The topological polar surface area (TPSA) is 59.5 Å². The summed E-state index contributed by atoms with van der Waals surface area (Å²) >= 11 is 0. The van der Waals surface area contributed by atoms with Crippen LogP contribution in [0.2, 0.25) is 0 Å². The van der Waals surface area contributed by atoms with Crippen LogP contribution in [-0.4, -0.2) is 12.5 Å². The Kier molecular flexibility index (Phi) is 3.38. The number of rotatable bonds is 2. The van der Waals surface area contributed by atoms with Gasteiger partial charge in [-0.2, -0.15) is 0 Å². The van der Waals surface area contributed by atoms with E-state index >= 15 is 0 Å². The van der Waals surface area contributed by atoms with Gasteiger partial charge in [0.15, 0.2) is 5.76 Å². The third-order valence-electron chi connectivity index (χ3n) is 4.51. The number of carbonyl (C=O) groups excluding carboxylic acids is 1. The molecule has 0 unspecified atom stereocenters. The number of aryl methyl sites for hydroxylation is 1. The highest BCUT2D eigenvalue weighted by Crippen LogP contribution is 2.31. The number of nitrogens with two attached hydrogens (primary N) is 1. The fourth-order valence-electron chi connectivity index (χ4n) is 3.08. The average Bonchev–Trinajstić information content (AvgIpc) is 3.24. The maximum absolute atomic E-state index is 12.8. The zero-order valence-corrected chi connectivity index (χ0v) is 13.5. The molecular weight excluding hydrogens is 300 g/mol. The number of hydrogen-bond acceptors (Lipinski definition) is 3. The van der Waals surface area contributed by atoms with E-state index in [1.807, 2.05) is 49.4 Å². The van der Waals surface area contributed by atoms with Gasteiger partial charge in [0.2, 0.25) is 0 Å². The largest absolute Gasteiger partial charge is 0.451 e. The Morgan fingerprint density at radius 3 is 2.79 bits per heavy atom. The number of benzene rings is 2. The SMILES string of the molecule is Cc1ccc(-c2ccc(C(=O)N3CCc4ccccc43)o2)cc1N. The fraction of sp³-hybridized carbons (Fsp3) is 0.150. The Morgan fingerprint density at radius 1 is 1.12 bits per heavy atom. The van der Waals surface area contributed by atoms with Crippen molar-refractivity contribution in [1.29, 1.82) is 0 Å². The van der Waals surface area contributed by atoms with Gasteiger partial charge < -0.3 is 15.1 Å². The number of para-hydroxylation sites is 1. The molecular formula is C20H18N2O2. The predicted octanol–water partition coefficient (Wildman–Crippen LogP) is 4.04. The third-order valence-corrected chi connectivity index (χ3v) is 4.51. The molecule has 1 aromatic heterocycles. The highest BCUT2D eigenvalue weighted by Gasteiger charge is 2.27. The van der Waals surface area contributed by atoms with Crippen molar-refractivity contribution in [2.45, 2.75) is 13.3 Å². The van der Waals surface area contributed by atoms with E-state index in [9.17, 15) is 4.79 Å². The second-order valence-electron chi connectivity index (χ2n) is 6.07. The lowest BCUT2D eigenvalue weighted by molar-refractivity contribution is 0.0963. The van der Waals surface area contributed by atoms with E-state index in [0.29, 0.717) is 23.8 Å². The van der Waals surface area contributed by atoms with Crippen LogP contribution in [-0.2, 0) is 6.42 Å². The molecule has 0 saturated heterocycles. The highest BCUT2D eigenvalue weighted by atomic mass is 16.4. The summed E-state index contributed by atoms with van der Waals surface area (Å²) < 4.78 is 5.81. The Balaban J connectivity index is 1.63. The van der Waals surface area contributed by atoms with Gasteiger partial charge in [-0.05, 0) is 48.7 Å². The third kappa shape index (κ3) is 2.36. The van der Waals surface area contributed by atoms with Crippen LogP contribution < -0.4 is 10.6 Å². The summed E-state index contributed by atoms with van der Waals surface area (Å²) in [5.41, 5.74) is 10.7. The van der Waals surface area contributed by atoms with Gasteiger partial charge >= 0.3 is 0 Å². The first-order chi connectivity index (χ1) is 11.6. The van der Waals surface area contributed by atoms with Crippen molar-refractivity contribution in [2.24, 2.45) is 0 Å². The number of anilines is 2. The number of furan rings is 1. The van der Waals surface area contributed by atoms with Crippen LogP contribution in [0.5, 0.6) is 0 Å². The Hall–Kier alpha value is -3.01. The highest BCUT2D eigenvalue weighted by molar-refractivity contribution is 6.05. The van der Waals surface area contributed by atoms with Crippen LogP contribution in [0.1, 0.15) is 21.7 Å². The lowest BCUT2D eigenvalue weighted by atomic mass is 10.1. The van der Waals surface area contributed by atoms with Crippen molar-refractivity contribution in [2.75, 3.05) is 17.2 Å². The molecule has 0 aliphatic carbocycles. The molecule has 0 bridgehead atoms.